The first-order valence-corrected chi connectivity index (χ1v) is 12.2. The summed E-state index contributed by atoms with van der Waals surface area (Å²) in [6.07, 6.45) is 3.61. The number of piperidine rings is 1. The molecule has 0 aromatic heterocycles. The Morgan fingerprint density at radius 1 is 0.906 bits per heavy atom. The Balaban J connectivity index is 1.11. The van der Waals surface area contributed by atoms with Crippen LogP contribution in [0.25, 0.3) is 10.8 Å². The van der Waals surface area contributed by atoms with E-state index < -0.39 is 0 Å². The molecular formula is C28H31N3O. The molecule has 4 nitrogen and oxygen atoms in total. The summed E-state index contributed by atoms with van der Waals surface area (Å²) in [5.41, 5.74) is 5.72. The van der Waals surface area contributed by atoms with E-state index in [1.165, 1.54) is 53.5 Å². The van der Waals surface area contributed by atoms with Gasteiger partial charge >= 0.3 is 0 Å². The maximum atomic E-state index is 6.41. The van der Waals surface area contributed by atoms with Gasteiger partial charge in [0, 0.05) is 43.0 Å². The molecule has 32 heavy (non-hydrogen) atoms. The van der Waals surface area contributed by atoms with Gasteiger partial charge in [0.1, 0.15) is 12.3 Å². The highest BCUT2D eigenvalue weighted by atomic mass is 16.5. The Hall–Kier alpha value is -2.40. The third-order valence-corrected chi connectivity index (χ3v) is 8.39. The van der Waals surface area contributed by atoms with E-state index in [0.717, 1.165) is 26.2 Å². The van der Waals surface area contributed by atoms with E-state index in [2.05, 4.69) is 82.4 Å². The molecule has 2 fully saturated rings. The second-order valence-electron chi connectivity index (χ2n) is 10.3. The molecule has 3 aromatic carbocycles. The molecule has 3 aliphatic heterocycles. The van der Waals surface area contributed by atoms with E-state index in [4.69, 9.17) is 4.74 Å². The van der Waals surface area contributed by atoms with E-state index in [-0.39, 0.29) is 5.60 Å². The molecule has 1 aliphatic carbocycles. The van der Waals surface area contributed by atoms with Crippen molar-refractivity contribution >= 4 is 16.5 Å². The molecule has 2 saturated heterocycles. The fraction of sp³-hybridized carbons (Fsp3) is 0.429. The van der Waals surface area contributed by atoms with Gasteiger partial charge in [-0.15, -0.1) is 0 Å². The first-order chi connectivity index (χ1) is 15.7. The van der Waals surface area contributed by atoms with Crippen molar-refractivity contribution < 1.29 is 4.74 Å². The van der Waals surface area contributed by atoms with Crippen molar-refractivity contribution in [3.8, 4) is 0 Å². The third kappa shape index (κ3) is 2.73. The maximum Gasteiger partial charge on any atom is 0.127 e. The lowest BCUT2D eigenvalue weighted by Crippen LogP contribution is -2.47. The number of rotatable bonds is 2. The minimum Gasteiger partial charge on any atom is -0.365 e. The SMILES string of the molecule is CN1COC2(C1)CN(C1CCN(C3Cc4cccc5cccc3c45)CC1)c1ccccc12. The van der Waals surface area contributed by atoms with Gasteiger partial charge < -0.3 is 9.64 Å². The third-order valence-electron chi connectivity index (χ3n) is 8.39. The lowest BCUT2D eigenvalue weighted by Gasteiger charge is -2.41. The smallest absolute Gasteiger partial charge is 0.127 e. The van der Waals surface area contributed by atoms with E-state index in [1.54, 1.807) is 5.56 Å². The van der Waals surface area contributed by atoms with Gasteiger partial charge in [-0.05, 0) is 54.3 Å². The molecule has 0 amide bonds. The molecule has 2 atom stereocenters. The summed E-state index contributed by atoms with van der Waals surface area (Å²) in [4.78, 5) is 7.74. The van der Waals surface area contributed by atoms with Crippen molar-refractivity contribution in [3.05, 3.63) is 77.4 Å². The first-order valence-electron chi connectivity index (χ1n) is 12.2. The average Bonchev–Trinajstić information content (AvgIpc) is 3.50. The normalized spacial score (nSPS) is 28.3. The van der Waals surface area contributed by atoms with Gasteiger partial charge in [-0.2, -0.15) is 0 Å². The Labute approximate surface area is 190 Å². The standard InChI is InChI=1S/C28H31N3O/c1-29-17-28(32-19-29)18-31(25-11-3-2-10-24(25)28)22-12-14-30(15-13-22)26-16-21-8-4-6-20-7-5-9-23(26)27(20)21/h2-11,22,26H,12-19H2,1H3. The van der Waals surface area contributed by atoms with Gasteiger partial charge in [-0.3, -0.25) is 9.80 Å². The average molecular weight is 426 g/mol. The molecule has 1 spiro atoms. The van der Waals surface area contributed by atoms with E-state index in [1.807, 2.05) is 0 Å². The summed E-state index contributed by atoms with van der Waals surface area (Å²) in [6, 6.07) is 23.8. The van der Waals surface area contributed by atoms with Gasteiger partial charge in [0.15, 0.2) is 0 Å². The number of fused-ring (bicyclic) bond motifs is 2. The molecule has 0 radical (unpaired) electrons. The number of likely N-dealkylation sites (N-methyl/N-ethyl adjacent to an activating group) is 1. The lowest BCUT2D eigenvalue weighted by molar-refractivity contribution is 0.0131. The van der Waals surface area contributed by atoms with Gasteiger partial charge in [0.2, 0.25) is 0 Å². The van der Waals surface area contributed by atoms with Crippen LogP contribution in [0.4, 0.5) is 5.69 Å². The number of hydrogen-bond donors (Lipinski definition) is 0. The zero-order valence-corrected chi connectivity index (χ0v) is 18.8. The summed E-state index contributed by atoms with van der Waals surface area (Å²) < 4.78 is 6.41. The van der Waals surface area contributed by atoms with E-state index in [0.29, 0.717) is 12.1 Å². The number of hydrogen-bond acceptors (Lipinski definition) is 4. The summed E-state index contributed by atoms with van der Waals surface area (Å²) in [5, 5.41) is 2.91. The topological polar surface area (TPSA) is 19.0 Å². The highest BCUT2D eigenvalue weighted by Gasteiger charge is 2.49. The quantitative estimate of drug-likeness (QED) is 0.600. The Morgan fingerprint density at radius 3 is 2.53 bits per heavy atom. The highest BCUT2D eigenvalue weighted by molar-refractivity contribution is 5.91. The van der Waals surface area contributed by atoms with Crippen LogP contribution < -0.4 is 4.90 Å². The van der Waals surface area contributed by atoms with Crippen molar-refractivity contribution in [2.24, 2.45) is 0 Å². The minimum absolute atomic E-state index is 0.148. The number of nitrogens with zero attached hydrogens (tertiary/aromatic N) is 3. The molecule has 4 aliphatic rings. The minimum atomic E-state index is -0.148. The maximum absolute atomic E-state index is 6.41. The molecule has 3 aromatic rings. The summed E-state index contributed by atoms with van der Waals surface area (Å²) in [7, 11) is 2.17. The second-order valence-corrected chi connectivity index (χ2v) is 10.3. The first kappa shape index (κ1) is 19.1. The van der Waals surface area contributed by atoms with Crippen molar-refractivity contribution in [1.29, 1.82) is 0 Å². The summed E-state index contributed by atoms with van der Waals surface area (Å²) in [6.45, 7) is 5.06. The Bertz CT molecular complexity index is 1180. The van der Waals surface area contributed by atoms with Crippen molar-refractivity contribution in [3.63, 3.8) is 0 Å². The van der Waals surface area contributed by atoms with Crippen LogP contribution >= 0.6 is 0 Å². The van der Waals surface area contributed by atoms with Gasteiger partial charge in [-0.1, -0.05) is 54.6 Å². The molecule has 0 saturated carbocycles. The van der Waals surface area contributed by atoms with Crippen LogP contribution in [0.3, 0.4) is 0 Å². The van der Waals surface area contributed by atoms with Gasteiger partial charge in [0.25, 0.3) is 0 Å². The van der Waals surface area contributed by atoms with Crippen LogP contribution in [0.1, 0.15) is 35.6 Å². The van der Waals surface area contributed by atoms with E-state index in [9.17, 15) is 0 Å². The zero-order chi connectivity index (χ0) is 21.3. The number of para-hydroxylation sites is 1. The summed E-state index contributed by atoms with van der Waals surface area (Å²) in [5.74, 6) is 0. The molecular weight excluding hydrogens is 394 g/mol. The lowest BCUT2D eigenvalue weighted by atomic mass is 9.96. The predicted octanol–water partition coefficient (Wildman–Crippen LogP) is 4.54. The predicted molar refractivity (Wildman–Crippen MR) is 129 cm³/mol. The van der Waals surface area contributed by atoms with Crippen molar-refractivity contribution in [1.82, 2.24) is 9.80 Å². The second kappa shape index (κ2) is 7.05. The van der Waals surface area contributed by atoms with Crippen molar-refractivity contribution in [2.75, 3.05) is 44.9 Å². The Kier molecular flexibility index (Phi) is 4.21. The number of ether oxygens (including phenoxy) is 1. The largest absolute Gasteiger partial charge is 0.365 e. The molecule has 4 heteroatoms. The number of benzene rings is 3. The van der Waals surface area contributed by atoms with Gasteiger partial charge in [0.05, 0.1) is 6.54 Å². The molecule has 7 rings (SSSR count). The van der Waals surface area contributed by atoms with E-state index >= 15 is 0 Å². The number of likely N-dealkylation sites (tertiary alicyclic amines) is 1. The molecule has 0 bridgehead atoms. The molecule has 3 heterocycles. The fourth-order valence-corrected chi connectivity index (χ4v) is 6.95. The summed E-state index contributed by atoms with van der Waals surface area (Å²) >= 11 is 0. The zero-order valence-electron chi connectivity index (χ0n) is 18.8. The highest BCUT2D eigenvalue weighted by Crippen LogP contribution is 2.47. The van der Waals surface area contributed by atoms with Gasteiger partial charge in [-0.25, -0.2) is 0 Å². The van der Waals surface area contributed by atoms with Crippen LogP contribution in [0.2, 0.25) is 0 Å². The Morgan fingerprint density at radius 2 is 1.72 bits per heavy atom. The van der Waals surface area contributed by atoms with Crippen LogP contribution in [-0.4, -0.2) is 55.8 Å². The van der Waals surface area contributed by atoms with Crippen LogP contribution in [0.15, 0.2) is 60.7 Å². The van der Waals surface area contributed by atoms with Crippen LogP contribution in [0, 0.1) is 0 Å². The monoisotopic (exact) mass is 425 g/mol. The molecule has 2 unspecified atom stereocenters. The molecule has 0 N–H and O–H groups in total. The van der Waals surface area contributed by atoms with Crippen LogP contribution in [-0.2, 0) is 16.8 Å². The fourth-order valence-electron chi connectivity index (χ4n) is 6.95. The van der Waals surface area contributed by atoms with Crippen molar-refractivity contribution in [2.45, 2.75) is 36.9 Å². The number of anilines is 1. The van der Waals surface area contributed by atoms with Crippen LogP contribution in [0.5, 0.6) is 0 Å². The molecule has 164 valence electrons.